The lowest BCUT2D eigenvalue weighted by Gasteiger charge is -2.36. The van der Waals surface area contributed by atoms with Crippen LogP contribution in [0.3, 0.4) is 0 Å². The van der Waals surface area contributed by atoms with Crippen LogP contribution in [0.25, 0.3) is 10.2 Å². The van der Waals surface area contributed by atoms with Crippen molar-refractivity contribution in [1.82, 2.24) is 4.98 Å². The number of benzene rings is 1. The van der Waals surface area contributed by atoms with Crippen LogP contribution in [0.15, 0.2) is 18.2 Å². The molecule has 0 radical (unpaired) electrons. The van der Waals surface area contributed by atoms with Gasteiger partial charge in [-0.25, -0.2) is 4.98 Å². The largest absolute Gasteiger partial charge is 0.494 e. The zero-order valence-corrected chi connectivity index (χ0v) is 11.3. The van der Waals surface area contributed by atoms with E-state index in [1.54, 1.807) is 11.3 Å². The number of ether oxygens (including phenoxy) is 1. The van der Waals surface area contributed by atoms with Crippen LogP contribution in [0.2, 0.25) is 0 Å². The van der Waals surface area contributed by atoms with Crippen LogP contribution in [-0.4, -0.2) is 29.9 Å². The van der Waals surface area contributed by atoms with E-state index in [1.165, 1.54) is 4.70 Å². The molecule has 1 aromatic carbocycles. The van der Waals surface area contributed by atoms with Gasteiger partial charge in [0.1, 0.15) is 5.75 Å². The monoisotopic (exact) mass is 266 g/mol. The molecule has 0 atom stereocenters. The van der Waals surface area contributed by atoms with Crippen LogP contribution in [-0.2, 0) is 0 Å². The molecule has 0 spiro atoms. The third-order valence-corrected chi connectivity index (χ3v) is 4.20. The summed E-state index contributed by atoms with van der Waals surface area (Å²) < 4.78 is 6.68. The van der Waals surface area contributed by atoms with Gasteiger partial charge in [-0.15, -0.1) is 0 Å². The Morgan fingerprint density at radius 1 is 1.53 bits per heavy atom. The number of thiol groups is 1. The lowest BCUT2D eigenvalue weighted by molar-refractivity contribution is 0.341. The Morgan fingerprint density at radius 3 is 3.06 bits per heavy atom. The van der Waals surface area contributed by atoms with E-state index < -0.39 is 0 Å². The Balaban J connectivity index is 1.90. The molecule has 1 aliphatic heterocycles. The molecule has 0 unspecified atom stereocenters. The van der Waals surface area contributed by atoms with E-state index in [1.807, 2.05) is 19.1 Å². The van der Waals surface area contributed by atoms with Crippen LogP contribution in [0.5, 0.6) is 5.75 Å². The second-order valence-corrected chi connectivity index (χ2v) is 5.86. The van der Waals surface area contributed by atoms with Crippen molar-refractivity contribution in [1.29, 1.82) is 0 Å². The summed E-state index contributed by atoms with van der Waals surface area (Å²) in [5.41, 5.74) is 1.05. The van der Waals surface area contributed by atoms with Crippen molar-refractivity contribution in [2.24, 2.45) is 0 Å². The van der Waals surface area contributed by atoms with Gasteiger partial charge in [-0.3, -0.25) is 0 Å². The molecular formula is C12H14N2OS2. The minimum atomic E-state index is 0.501. The number of anilines is 1. The first-order valence-corrected chi connectivity index (χ1v) is 7.06. The molecule has 2 aromatic rings. The topological polar surface area (TPSA) is 25.4 Å². The molecule has 0 aliphatic carbocycles. The van der Waals surface area contributed by atoms with Gasteiger partial charge < -0.3 is 9.64 Å². The minimum Gasteiger partial charge on any atom is -0.494 e. The summed E-state index contributed by atoms with van der Waals surface area (Å²) in [6.45, 7) is 4.70. The van der Waals surface area contributed by atoms with Gasteiger partial charge in [-0.1, -0.05) is 11.3 Å². The van der Waals surface area contributed by atoms with E-state index >= 15 is 0 Å². The van der Waals surface area contributed by atoms with E-state index in [9.17, 15) is 0 Å². The summed E-state index contributed by atoms with van der Waals surface area (Å²) in [5, 5.41) is 1.60. The first kappa shape index (κ1) is 11.2. The molecule has 1 fully saturated rings. The Hall–Kier alpha value is -0.940. The molecule has 0 N–H and O–H groups in total. The summed E-state index contributed by atoms with van der Waals surface area (Å²) >= 11 is 6.14. The van der Waals surface area contributed by atoms with E-state index in [0.717, 1.165) is 29.5 Å². The van der Waals surface area contributed by atoms with Gasteiger partial charge >= 0.3 is 0 Å². The highest BCUT2D eigenvalue weighted by molar-refractivity contribution is 7.81. The first-order chi connectivity index (χ1) is 8.26. The predicted molar refractivity (Wildman–Crippen MR) is 75.8 cm³/mol. The number of aromatic nitrogens is 1. The highest BCUT2D eigenvalue weighted by Crippen LogP contribution is 2.34. The summed E-state index contributed by atoms with van der Waals surface area (Å²) in [6.07, 6.45) is 0. The zero-order chi connectivity index (χ0) is 11.8. The van der Waals surface area contributed by atoms with Gasteiger partial charge in [0.15, 0.2) is 5.13 Å². The second kappa shape index (κ2) is 4.38. The van der Waals surface area contributed by atoms with Crippen molar-refractivity contribution in [3.05, 3.63) is 18.2 Å². The Morgan fingerprint density at radius 2 is 2.35 bits per heavy atom. The maximum Gasteiger partial charge on any atom is 0.186 e. The van der Waals surface area contributed by atoms with Crippen LogP contribution >= 0.6 is 24.0 Å². The molecule has 0 saturated carbocycles. The van der Waals surface area contributed by atoms with Crippen molar-refractivity contribution < 1.29 is 4.74 Å². The van der Waals surface area contributed by atoms with E-state index in [0.29, 0.717) is 11.9 Å². The number of hydrogen-bond acceptors (Lipinski definition) is 5. The van der Waals surface area contributed by atoms with Crippen molar-refractivity contribution in [3.63, 3.8) is 0 Å². The van der Waals surface area contributed by atoms with Gasteiger partial charge in [0.05, 0.1) is 16.8 Å². The summed E-state index contributed by atoms with van der Waals surface area (Å²) in [7, 11) is 0. The molecule has 3 rings (SSSR count). The Labute approximate surface area is 110 Å². The summed E-state index contributed by atoms with van der Waals surface area (Å²) in [6, 6.07) is 6.07. The first-order valence-electron chi connectivity index (χ1n) is 5.72. The Bertz CT molecular complexity index is 534. The van der Waals surface area contributed by atoms with Crippen molar-refractivity contribution >= 4 is 39.3 Å². The minimum absolute atomic E-state index is 0.501. The number of fused-ring (bicyclic) bond motifs is 1. The SMILES string of the molecule is CCOc1ccc2nc(N3CC(S)C3)sc2c1. The van der Waals surface area contributed by atoms with Crippen LogP contribution < -0.4 is 9.64 Å². The molecule has 17 heavy (non-hydrogen) atoms. The molecule has 1 aliphatic rings. The van der Waals surface area contributed by atoms with Crippen LogP contribution in [0.1, 0.15) is 6.92 Å². The molecule has 0 bridgehead atoms. The molecule has 90 valence electrons. The average molecular weight is 266 g/mol. The normalized spacial score (nSPS) is 16.2. The summed E-state index contributed by atoms with van der Waals surface area (Å²) in [5.74, 6) is 0.922. The smallest absolute Gasteiger partial charge is 0.186 e. The van der Waals surface area contributed by atoms with Crippen molar-refractivity contribution in [3.8, 4) is 5.75 Å². The standard InChI is InChI=1S/C12H14N2OS2/c1-2-15-8-3-4-10-11(5-8)17-12(13-10)14-6-9(16)7-14/h3-5,9,16H,2,6-7H2,1H3. The van der Waals surface area contributed by atoms with Crippen molar-refractivity contribution in [2.75, 3.05) is 24.6 Å². The van der Waals surface area contributed by atoms with E-state index in [4.69, 9.17) is 4.74 Å². The summed E-state index contributed by atoms with van der Waals surface area (Å²) in [4.78, 5) is 6.89. The lowest BCUT2D eigenvalue weighted by atomic mass is 10.2. The van der Waals surface area contributed by atoms with Gasteiger partial charge in [-0.05, 0) is 25.1 Å². The average Bonchev–Trinajstić information content (AvgIpc) is 2.67. The van der Waals surface area contributed by atoms with Crippen LogP contribution in [0, 0.1) is 0 Å². The molecule has 1 aromatic heterocycles. The fraction of sp³-hybridized carbons (Fsp3) is 0.417. The number of rotatable bonds is 3. The molecule has 2 heterocycles. The maximum atomic E-state index is 5.49. The van der Waals surface area contributed by atoms with Gasteiger partial charge in [0.2, 0.25) is 0 Å². The lowest BCUT2D eigenvalue weighted by Crippen LogP contribution is -2.47. The maximum absolute atomic E-state index is 5.49. The molecule has 3 nitrogen and oxygen atoms in total. The number of nitrogens with zero attached hydrogens (tertiary/aromatic N) is 2. The van der Waals surface area contributed by atoms with Crippen molar-refractivity contribution in [2.45, 2.75) is 12.2 Å². The van der Waals surface area contributed by atoms with Gasteiger partial charge in [0.25, 0.3) is 0 Å². The van der Waals surface area contributed by atoms with E-state index in [2.05, 4.69) is 28.6 Å². The molecule has 0 amide bonds. The van der Waals surface area contributed by atoms with Crippen LogP contribution in [0.4, 0.5) is 5.13 Å². The van der Waals surface area contributed by atoms with Gasteiger partial charge in [-0.2, -0.15) is 12.6 Å². The number of hydrogen-bond donors (Lipinski definition) is 1. The highest BCUT2D eigenvalue weighted by atomic mass is 32.1. The molecule has 5 heteroatoms. The molecule has 1 saturated heterocycles. The quantitative estimate of drug-likeness (QED) is 0.865. The molecular weight excluding hydrogens is 252 g/mol. The zero-order valence-electron chi connectivity index (χ0n) is 9.59. The fourth-order valence-electron chi connectivity index (χ4n) is 1.90. The van der Waals surface area contributed by atoms with E-state index in [-0.39, 0.29) is 0 Å². The third kappa shape index (κ3) is 2.09. The predicted octanol–water partition coefficient (Wildman–Crippen LogP) is 2.81. The second-order valence-electron chi connectivity index (χ2n) is 4.12. The number of thiazole rings is 1. The Kier molecular flexibility index (Phi) is 2.88. The van der Waals surface area contributed by atoms with Gasteiger partial charge in [0, 0.05) is 18.3 Å². The highest BCUT2D eigenvalue weighted by Gasteiger charge is 2.25. The third-order valence-electron chi connectivity index (χ3n) is 2.79. The fourth-order valence-corrected chi connectivity index (χ4v) is 3.30.